The topological polar surface area (TPSA) is 49.3 Å². The molecule has 0 aromatic rings. The maximum absolute atomic E-state index is 10.2. The summed E-state index contributed by atoms with van der Waals surface area (Å²) in [5.41, 5.74) is 1.36. The first kappa shape index (κ1) is 8.01. The molecule has 5 heteroatoms. The Kier molecular flexibility index (Phi) is 3.95. The Bertz CT molecular complexity index is 87.4. The highest BCUT2D eigenvalue weighted by molar-refractivity contribution is 6.35. The lowest BCUT2D eigenvalue weighted by molar-refractivity contribution is -0.128. The summed E-state index contributed by atoms with van der Waals surface area (Å²) in [6.45, 7) is 0. The van der Waals surface area contributed by atoms with E-state index in [9.17, 15) is 4.79 Å². The molecule has 0 spiro atoms. The van der Waals surface area contributed by atoms with Gasteiger partial charge >= 0.3 is 0 Å². The summed E-state index contributed by atoms with van der Waals surface area (Å²) >= 11 is 10.3. The third-order valence-corrected chi connectivity index (χ3v) is 1.35. The number of carbonyl (C=O) groups excluding carboxylic acids is 1. The van der Waals surface area contributed by atoms with Crippen LogP contribution < -0.4 is 5.48 Å². The highest BCUT2D eigenvalue weighted by Gasteiger charge is 2.11. The Balaban J connectivity index is 3.46. The van der Waals surface area contributed by atoms with Crippen molar-refractivity contribution < 1.29 is 10.0 Å². The molecule has 0 aliphatic rings. The van der Waals surface area contributed by atoms with Gasteiger partial charge in [-0.3, -0.25) is 10.0 Å². The first-order chi connectivity index (χ1) is 3.72. The molecule has 0 saturated carbocycles. The number of hydrogen-bond donors (Lipinski definition) is 2. The van der Waals surface area contributed by atoms with Crippen LogP contribution in [-0.4, -0.2) is 22.4 Å². The third kappa shape index (κ3) is 2.35. The van der Waals surface area contributed by atoms with Crippen LogP contribution in [0.4, 0.5) is 0 Å². The summed E-state index contributed by atoms with van der Waals surface area (Å²) in [6.07, 6.45) is 0. The van der Waals surface area contributed by atoms with E-state index >= 15 is 0 Å². The van der Waals surface area contributed by atoms with Crippen LogP contribution in [0.1, 0.15) is 0 Å². The van der Waals surface area contributed by atoms with Crippen LogP contribution in [0.2, 0.25) is 0 Å². The predicted molar refractivity (Wildman–Crippen MR) is 30.3 cm³/mol. The summed E-state index contributed by atoms with van der Waals surface area (Å²) < 4.78 is 0. The van der Waals surface area contributed by atoms with Crippen molar-refractivity contribution in [2.24, 2.45) is 0 Å². The van der Waals surface area contributed by atoms with Crippen molar-refractivity contribution in [2.75, 3.05) is 5.88 Å². The molecule has 0 rings (SSSR count). The Hall–Kier alpha value is 0.01000. The van der Waals surface area contributed by atoms with Crippen LogP contribution in [0.5, 0.6) is 0 Å². The molecule has 1 amide bonds. The molecule has 0 saturated heterocycles. The second kappa shape index (κ2) is 3.95. The van der Waals surface area contributed by atoms with Crippen LogP contribution in [0.25, 0.3) is 0 Å². The average Bonchev–Trinajstić information content (AvgIpc) is 1.84. The van der Waals surface area contributed by atoms with Gasteiger partial charge in [0.25, 0.3) is 5.91 Å². The Morgan fingerprint density at radius 2 is 2.38 bits per heavy atom. The molecule has 1 atom stereocenters. The van der Waals surface area contributed by atoms with Gasteiger partial charge in [-0.2, -0.15) is 0 Å². The zero-order valence-electron chi connectivity index (χ0n) is 3.90. The maximum Gasteiger partial charge on any atom is 0.262 e. The van der Waals surface area contributed by atoms with Gasteiger partial charge in [0.15, 0.2) is 0 Å². The van der Waals surface area contributed by atoms with Gasteiger partial charge in [0.1, 0.15) is 5.38 Å². The van der Waals surface area contributed by atoms with Gasteiger partial charge in [-0.05, 0) is 0 Å². The fraction of sp³-hybridized carbons (Fsp3) is 0.667. The van der Waals surface area contributed by atoms with Gasteiger partial charge in [-0.15, -0.1) is 23.2 Å². The molecule has 48 valence electrons. The predicted octanol–water partition coefficient (Wildman–Crippen LogP) is 0.338. The van der Waals surface area contributed by atoms with E-state index in [2.05, 4.69) is 0 Å². The highest BCUT2D eigenvalue weighted by atomic mass is 35.5. The molecule has 0 aliphatic heterocycles. The molecule has 0 aromatic heterocycles. The lowest BCUT2D eigenvalue weighted by Gasteiger charge is -1.99. The quantitative estimate of drug-likeness (QED) is 0.345. The first-order valence-electron chi connectivity index (χ1n) is 1.86. The minimum absolute atomic E-state index is 0.00600. The zero-order valence-corrected chi connectivity index (χ0v) is 5.41. The minimum Gasteiger partial charge on any atom is -0.289 e. The van der Waals surface area contributed by atoms with Crippen molar-refractivity contribution in [1.29, 1.82) is 0 Å². The van der Waals surface area contributed by atoms with Crippen molar-refractivity contribution in [3.8, 4) is 0 Å². The molecule has 8 heavy (non-hydrogen) atoms. The Morgan fingerprint density at radius 3 is 2.50 bits per heavy atom. The summed E-state index contributed by atoms with van der Waals surface area (Å²) in [7, 11) is 0. The summed E-state index contributed by atoms with van der Waals surface area (Å²) in [5.74, 6) is -0.685. The number of hydroxylamine groups is 1. The number of rotatable bonds is 2. The van der Waals surface area contributed by atoms with Crippen LogP contribution >= 0.6 is 23.2 Å². The van der Waals surface area contributed by atoms with E-state index in [1.807, 2.05) is 0 Å². The van der Waals surface area contributed by atoms with E-state index in [0.29, 0.717) is 0 Å². The van der Waals surface area contributed by atoms with Gasteiger partial charge in [-0.1, -0.05) is 0 Å². The molecule has 0 radical (unpaired) electrons. The smallest absolute Gasteiger partial charge is 0.262 e. The second-order valence-corrected chi connectivity index (χ2v) is 1.93. The molecular formula is C3H5Cl2NO2. The number of alkyl halides is 2. The normalized spacial score (nSPS) is 12.9. The van der Waals surface area contributed by atoms with E-state index in [-0.39, 0.29) is 5.88 Å². The highest BCUT2D eigenvalue weighted by Crippen LogP contribution is 1.96. The molecule has 0 bridgehead atoms. The Labute approximate surface area is 56.5 Å². The number of carbonyl (C=O) groups is 1. The molecule has 1 unspecified atom stereocenters. The SMILES string of the molecule is O=C(NO)C(Cl)CCl. The molecule has 0 fully saturated rings. The van der Waals surface area contributed by atoms with Crippen LogP contribution in [0, 0.1) is 0 Å². The first-order valence-corrected chi connectivity index (χ1v) is 2.83. The van der Waals surface area contributed by atoms with Crippen molar-refractivity contribution in [2.45, 2.75) is 5.38 Å². The van der Waals surface area contributed by atoms with Crippen molar-refractivity contribution in [1.82, 2.24) is 5.48 Å². The van der Waals surface area contributed by atoms with E-state index < -0.39 is 11.3 Å². The maximum atomic E-state index is 10.2. The van der Waals surface area contributed by atoms with E-state index in [0.717, 1.165) is 0 Å². The van der Waals surface area contributed by atoms with Gasteiger partial charge in [-0.25, -0.2) is 5.48 Å². The number of hydrogen-bond acceptors (Lipinski definition) is 2. The third-order valence-electron chi connectivity index (χ3n) is 0.530. The van der Waals surface area contributed by atoms with Crippen molar-refractivity contribution >= 4 is 29.1 Å². The zero-order chi connectivity index (χ0) is 6.57. The van der Waals surface area contributed by atoms with Crippen LogP contribution in [0.3, 0.4) is 0 Å². The van der Waals surface area contributed by atoms with Crippen LogP contribution in [-0.2, 0) is 4.79 Å². The lowest BCUT2D eigenvalue weighted by Crippen LogP contribution is -2.29. The van der Waals surface area contributed by atoms with E-state index in [1.165, 1.54) is 5.48 Å². The summed E-state index contributed by atoms with van der Waals surface area (Å²) in [6, 6.07) is 0. The molecule has 2 N–H and O–H groups in total. The molecule has 0 heterocycles. The minimum atomic E-state index is -0.846. The number of halogens is 2. The van der Waals surface area contributed by atoms with Gasteiger partial charge in [0.05, 0.1) is 0 Å². The largest absolute Gasteiger partial charge is 0.289 e. The van der Waals surface area contributed by atoms with Gasteiger partial charge in [0.2, 0.25) is 0 Å². The monoisotopic (exact) mass is 157 g/mol. The van der Waals surface area contributed by atoms with Crippen molar-refractivity contribution in [3.63, 3.8) is 0 Å². The summed E-state index contributed by atoms with van der Waals surface area (Å²) in [4.78, 5) is 10.2. The van der Waals surface area contributed by atoms with E-state index in [4.69, 9.17) is 28.4 Å². The average molecular weight is 158 g/mol. The number of amides is 1. The van der Waals surface area contributed by atoms with Gasteiger partial charge in [0, 0.05) is 5.88 Å². The Morgan fingerprint density at radius 1 is 1.88 bits per heavy atom. The molecule has 3 nitrogen and oxygen atoms in total. The standard InChI is InChI=1S/C3H5Cl2NO2/c4-1-2(5)3(7)6-8/h2,8H,1H2,(H,6,7). The number of nitrogens with one attached hydrogen (secondary N) is 1. The van der Waals surface area contributed by atoms with E-state index in [1.54, 1.807) is 0 Å². The molecule has 0 aliphatic carbocycles. The second-order valence-electron chi connectivity index (χ2n) is 1.10. The summed E-state index contributed by atoms with van der Waals surface area (Å²) in [5, 5.41) is 7.05. The van der Waals surface area contributed by atoms with Gasteiger partial charge < -0.3 is 0 Å². The molecule has 0 aromatic carbocycles. The fourth-order valence-corrected chi connectivity index (χ4v) is 0.329. The van der Waals surface area contributed by atoms with Crippen molar-refractivity contribution in [3.05, 3.63) is 0 Å². The molecular weight excluding hydrogens is 153 g/mol. The van der Waals surface area contributed by atoms with Crippen LogP contribution in [0.15, 0.2) is 0 Å². The fourth-order valence-electron chi connectivity index (χ4n) is 0.140. The lowest BCUT2D eigenvalue weighted by atomic mass is 10.5.